The molecule has 1 heterocycles. The molecule has 0 bridgehead atoms. The minimum atomic E-state index is -1.08. The van der Waals surface area contributed by atoms with Gasteiger partial charge in [-0.1, -0.05) is 31.0 Å². The number of nitrogens with zero attached hydrogens (tertiary/aromatic N) is 3. The molecule has 1 unspecified atom stereocenters. The van der Waals surface area contributed by atoms with Crippen LogP contribution in [0.25, 0.3) is 0 Å². The molecule has 0 aliphatic heterocycles. The summed E-state index contributed by atoms with van der Waals surface area (Å²) in [5.74, 6) is 1.66. The highest BCUT2D eigenvalue weighted by molar-refractivity contribution is 14.0. The van der Waals surface area contributed by atoms with Crippen LogP contribution in [-0.4, -0.2) is 47.6 Å². The van der Waals surface area contributed by atoms with Crippen molar-refractivity contribution in [2.45, 2.75) is 50.5 Å². The van der Waals surface area contributed by atoms with Gasteiger partial charge in [0.1, 0.15) is 11.4 Å². The lowest BCUT2D eigenvalue weighted by atomic mass is 9.78. The second kappa shape index (κ2) is 11.2. The van der Waals surface area contributed by atoms with Gasteiger partial charge >= 0.3 is 0 Å². The number of aromatic nitrogens is 2. The predicted octanol–water partition coefficient (Wildman–Crippen LogP) is 3.32. The molecule has 0 amide bonds. The number of hydrogen-bond acceptors (Lipinski definition) is 4. The van der Waals surface area contributed by atoms with Gasteiger partial charge in [-0.25, -0.2) is 4.99 Å². The monoisotopic (exact) mass is 541 g/mol. The van der Waals surface area contributed by atoms with Crippen LogP contribution in [0.5, 0.6) is 5.75 Å². The van der Waals surface area contributed by atoms with Crippen LogP contribution in [0.1, 0.15) is 50.7 Å². The van der Waals surface area contributed by atoms with Crippen molar-refractivity contribution in [1.29, 1.82) is 0 Å². The molecule has 31 heavy (non-hydrogen) atoms. The Labute approximate surface area is 202 Å². The van der Waals surface area contributed by atoms with Crippen molar-refractivity contribution < 1.29 is 9.84 Å². The summed E-state index contributed by atoms with van der Waals surface area (Å²) in [6.45, 7) is 5.58. The van der Waals surface area contributed by atoms with Gasteiger partial charge in [0.15, 0.2) is 5.96 Å². The minimum absolute atomic E-state index is 0. The Hall–Kier alpha value is -1.81. The van der Waals surface area contributed by atoms with Crippen molar-refractivity contribution in [2.75, 3.05) is 26.7 Å². The predicted molar refractivity (Wildman–Crippen MR) is 135 cm³/mol. The third-order valence-corrected chi connectivity index (χ3v) is 6.05. The maximum atomic E-state index is 10.9. The second-order valence-electron chi connectivity index (χ2n) is 8.41. The van der Waals surface area contributed by atoms with Crippen LogP contribution in [0.4, 0.5) is 0 Å². The van der Waals surface area contributed by atoms with E-state index in [9.17, 15) is 5.11 Å². The van der Waals surface area contributed by atoms with Gasteiger partial charge in [0.2, 0.25) is 0 Å². The van der Waals surface area contributed by atoms with E-state index in [4.69, 9.17) is 4.74 Å². The number of rotatable bonds is 8. The molecule has 8 heteroatoms. The van der Waals surface area contributed by atoms with E-state index in [1.54, 1.807) is 24.9 Å². The average Bonchev–Trinajstić information content (AvgIpc) is 3.40. The Bertz CT molecular complexity index is 859. The minimum Gasteiger partial charge on any atom is -0.496 e. The smallest absolute Gasteiger partial charge is 0.191 e. The molecule has 3 N–H and O–H groups in total. The Morgan fingerprint density at radius 2 is 2.00 bits per heavy atom. The molecule has 1 aliphatic rings. The van der Waals surface area contributed by atoms with E-state index in [1.807, 2.05) is 32.3 Å². The first-order chi connectivity index (χ1) is 14.4. The zero-order chi connectivity index (χ0) is 21.6. The van der Waals surface area contributed by atoms with Crippen LogP contribution < -0.4 is 15.4 Å². The number of ether oxygens (including phenoxy) is 1. The largest absolute Gasteiger partial charge is 0.496 e. The van der Waals surface area contributed by atoms with Crippen LogP contribution in [-0.2, 0) is 18.1 Å². The van der Waals surface area contributed by atoms with Crippen LogP contribution in [0.3, 0.4) is 0 Å². The number of hydrogen-bond donors (Lipinski definition) is 3. The Morgan fingerprint density at radius 3 is 2.61 bits per heavy atom. The first-order valence-electron chi connectivity index (χ1n) is 10.8. The second-order valence-corrected chi connectivity index (χ2v) is 8.41. The lowest BCUT2D eigenvalue weighted by Crippen LogP contribution is -2.45. The summed E-state index contributed by atoms with van der Waals surface area (Å²) in [6.07, 6.45) is 8.17. The molecule has 2 aromatic rings. The third-order valence-electron chi connectivity index (χ3n) is 6.05. The molecule has 0 spiro atoms. The Morgan fingerprint density at radius 1 is 1.29 bits per heavy atom. The molecular weight excluding hydrogens is 505 g/mol. The zero-order valence-electron chi connectivity index (χ0n) is 19.0. The molecule has 1 atom stereocenters. The van der Waals surface area contributed by atoms with Gasteiger partial charge in [-0.2, -0.15) is 5.10 Å². The number of methoxy groups -OCH3 is 1. The van der Waals surface area contributed by atoms with Crippen LogP contribution in [0, 0.1) is 0 Å². The highest BCUT2D eigenvalue weighted by Crippen LogP contribution is 2.44. The molecule has 3 rings (SSSR count). The zero-order valence-corrected chi connectivity index (χ0v) is 21.3. The van der Waals surface area contributed by atoms with Gasteiger partial charge in [0.25, 0.3) is 0 Å². The average molecular weight is 541 g/mol. The van der Waals surface area contributed by atoms with E-state index >= 15 is 0 Å². The summed E-state index contributed by atoms with van der Waals surface area (Å²) >= 11 is 0. The topological polar surface area (TPSA) is 83.7 Å². The fourth-order valence-electron chi connectivity index (χ4n) is 4.29. The molecule has 1 fully saturated rings. The van der Waals surface area contributed by atoms with Gasteiger partial charge in [0, 0.05) is 42.9 Å². The van der Waals surface area contributed by atoms with E-state index in [2.05, 4.69) is 32.9 Å². The summed E-state index contributed by atoms with van der Waals surface area (Å²) in [6, 6.07) is 8.33. The Balaban J connectivity index is 0.00000341. The number of aliphatic imine (C=N–C) groups is 1. The highest BCUT2D eigenvalue weighted by Gasteiger charge is 2.38. The van der Waals surface area contributed by atoms with Crippen LogP contribution in [0.15, 0.2) is 41.7 Å². The van der Waals surface area contributed by atoms with Crippen molar-refractivity contribution in [3.8, 4) is 5.75 Å². The number of nitrogens with one attached hydrogen (secondary N) is 2. The van der Waals surface area contributed by atoms with Gasteiger partial charge in [0.05, 0.1) is 19.9 Å². The number of aryl methyl sites for hydroxylation is 1. The molecule has 1 aromatic heterocycles. The molecule has 172 valence electrons. The maximum absolute atomic E-state index is 10.9. The quantitative estimate of drug-likeness (QED) is 0.272. The van der Waals surface area contributed by atoms with Crippen molar-refractivity contribution in [1.82, 2.24) is 20.4 Å². The van der Waals surface area contributed by atoms with Crippen molar-refractivity contribution >= 4 is 29.9 Å². The summed E-state index contributed by atoms with van der Waals surface area (Å²) < 4.78 is 7.35. The lowest BCUT2D eigenvalue weighted by molar-refractivity contribution is 0.0671. The van der Waals surface area contributed by atoms with Crippen LogP contribution >= 0.6 is 24.0 Å². The number of halogens is 1. The van der Waals surface area contributed by atoms with E-state index in [1.165, 1.54) is 18.4 Å². The molecule has 7 nitrogen and oxygen atoms in total. The van der Waals surface area contributed by atoms with Gasteiger partial charge < -0.3 is 20.5 Å². The lowest BCUT2D eigenvalue weighted by Gasteiger charge is -2.32. The van der Waals surface area contributed by atoms with Gasteiger partial charge in [-0.15, -0.1) is 24.0 Å². The fourth-order valence-corrected chi connectivity index (χ4v) is 4.29. The third kappa shape index (κ3) is 6.12. The van der Waals surface area contributed by atoms with Crippen molar-refractivity contribution in [3.63, 3.8) is 0 Å². The summed E-state index contributed by atoms with van der Waals surface area (Å²) in [4.78, 5) is 4.68. The maximum Gasteiger partial charge on any atom is 0.191 e. The highest BCUT2D eigenvalue weighted by atomic mass is 127. The van der Waals surface area contributed by atoms with Gasteiger partial charge in [-0.05, 0) is 32.8 Å². The van der Waals surface area contributed by atoms with E-state index in [0.29, 0.717) is 5.96 Å². The summed E-state index contributed by atoms with van der Waals surface area (Å²) in [5, 5.41) is 21.9. The Kier molecular flexibility index (Phi) is 9.17. The first kappa shape index (κ1) is 25.5. The fraction of sp³-hybridized carbons (Fsp3) is 0.565. The summed E-state index contributed by atoms with van der Waals surface area (Å²) in [5.41, 5.74) is 0.959. The first-order valence-corrected chi connectivity index (χ1v) is 10.8. The molecule has 1 aliphatic carbocycles. The SMILES string of the molecule is CCNC(=NCC(C)(O)c1cnn(C)c1)NCC1(c2ccccc2OC)CCCC1.I. The molecule has 0 saturated heterocycles. The molecular formula is C23H36IN5O2. The van der Waals surface area contributed by atoms with E-state index < -0.39 is 5.60 Å². The number of aliphatic hydroxyl groups is 1. The molecule has 1 saturated carbocycles. The normalized spacial score (nSPS) is 17.5. The van der Waals surface area contributed by atoms with Crippen LogP contribution in [0.2, 0.25) is 0 Å². The number of para-hydroxylation sites is 1. The van der Waals surface area contributed by atoms with E-state index in [-0.39, 0.29) is 35.9 Å². The van der Waals surface area contributed by atoms with E-state index in [0.717, 1.165) is 37.2 Å². The molecule has 0 radical (unpaired) electrons. The number of guanidine groups is 1. The van der Waals surface area contributed by atoms with Gasteiger partial charge in [-0.3, -0.25) is 4.68 Å². The summed E-state index contributed by atoms with van der Waals surface area (Å²) in [7, 11) is 3.58. The van der Waals surface area contributed by atoms with Crippen molar-refractivity contribution in [2.24, 2.45) is 12.0 Å². The number of benzene rings is 1. The standard InChI is InChI=1S/C23H35N5O2.HI/c1-5-24-21(25-16-22(2,29)18-14-27-28(3)15-18)26-17-23(12-8-9-13-23)19-10-6-7-11-20(19)30-4;/h6-7,10-11,14-15,29H,5,8-9,12-13,16-17H2,1-4H3,(H2,24,25,26);1H. The van der Waals surface area contributed by atoms with Crippen molar-refractivity contribution in [3.05, 3.63) is 47.8 Å². The molecule has 1 aromatic carbocycles.